The maximum Gasteiger partial charge on any atom is 0.309 e. The number of nitrogens with zero attached hydrogens (tertiary/aromatic N) is 2. The molecule has 0 saturated heterocycles. The highest BCUT2D eigenvalue weighted by Crippen LogP contribution is 2.77. The van der Waals surface area contributed by atoms with Crippen molar-refractivity contribution >= 4 is 23.5 Å². The molecule has 1 aromatic heterocycles. The van der Waals surface area contributed by atoms with Gasteiger partial charge in [-0.1, -0.05) is 71.2 Å². The van der Waals surface area contributed by atoms with E-state index in [4.69, 9.17) is 16.3 Å². The van der Waals surface area contributed by atoms with Crippen LogP contribution >= 0.6 is 11.6 Å². The summed E-state index contributed by atoms with van der Waals surface area (Å²) in [4.78, 5) is 38.4. The highest BCUT2D eigenvalue weighted by atomic mass is 35.5. The first-order valence-electron chi connectivity index (χ1n) is 20.8. The lowest BCUT2D eigenvalue weighted by molar-refractivity contribution is -0.233. The number of fused-ring (bicyclic) bond motifs is 7. The summed E-state index contributed by atoms with van der Waals surface area (Å²) in [5.41, 5.74) is 4.61. The first-order valence-corrected chi connectivity index (χ1v) is 21.2. The summed E-state index contributed by atoms with van der Waals surface area (Å²) in [5, 5.41) is 10.3. The van der Waals surface area contributed by atoms with Crippen molar-refractivity contribution in [2.45, 2.75) is 145 Å². The van der Waals surface area contributed by atoms with Gasteiger partial charge in [0.05, 0.1) is 17.5 Å². The summed E-state index contributed by atoms with van der Waals surface area (Å²) in [6, 6.07) is 9.42. The van der Waals surface area contributed by atoms with Gasteiger partial charge in [0.25, 0.3) is 5.56 Å². The van der Waals surface area contributed by atoms with Crippen LogP contribution in [0, 0.1) is 56.2 Å². The minimum Gasteiger partial charge on any atom is -0.481 e. The highest BCUT2D eigenvalue weighted by Gasteiger charge is 2.69. The molecular formula is C46H65ClN2O5. The van der Waals surface area contributed by atoms with Gasteiger partial charge in [-0.05, 0) is 154 Å². The number of benzene rings is 1. The monoisotopic (exact) mass is 760 g/mol. The lowest BCUT2D eigenvalue weighted by Crippen LogP contribution is -2.65. The molecule has 0 aliphatic heterocycles. The average Bonchev–Trinajstić information content (AvgIpc) is 3.59. The molecule has 0 amide bonds. The molecule has 3 unspecified atom stereocenters. The van der Waals surface area contributed by atoms with Crippen molar-refractivity contribution in [1.82, 2.24) is 9.36 Å². The molecule has 8 atom stereocenters. The Morgan fingerprint density at radius 2 is 1.61 bits per heavy atom. The van der Waals surface area contributed by atoms with Crippen molar-refractivity contribution in [3.05, 3.63) is 62.5 Å². The molecule has 7 rings (SSSR count). The minimum absolute atomic E-state index is 0.00835. The van der Waals surface area contributed by atoms with Gasteiger partial charge in [-0.2, -0.15) is 0 Å². The second-order valence-electron chi connectivity index (χ2n) is 20.7. The van der Waals surface area contributed by atoms with E-state index in [1.54, 1.807) is 29.7 Å². The molecule has 54 heavy (non-hydrogen) atoms. The summed E-state index contributed by atoms with van der Waals surface area (Å²) in [7, 11) is 2.04. The largest absolute Gasteiger partial charge is 0.481 e. The number of carboxylic acid groups (broad SMARTS) is 1. The van der Waals surface area contributed by atoms with Gasteiger partial charge >= 0.3 is 11.9 Å². The molecule has 1 aromatic carbocycles. The number of halogens is 1. The Labute approximate surface area is 328 Å². The number of carbonyl (C=O) groups excluding carboxylic acids is 1. The van der Waals surface area contributed by atoms with Crippen molar-refractivity contribution in [3.8, 4) is 5.69 Å². The molecule has 4 fully saturated rings. The molecule has 0 radical (unpaired) electrons. The predicted octanol–water partition coefficient (Wildman–Crippen LogP) is 10.6. The zero-order valence-corrected chi connectivity index (χ0v) is 35.4. The molecule has 296 valence electrons. The molecule has 8 heteroatoms. The van der Waals surface area contributed by atoms with Crippen LogP contribution in [0.15, 0.2) is 46.3 Å². The maximum absolute atomic E-state index is 13.5. The van der Waals surface area contributed by atoms with Crippen LogP contribution in [0.3, 0.4) is 0 Å². The van der Waals surface area contributed by atoms with E-state index in [2.05, 4.69) is 53.1 Å². The first kappa shape index (κ1) is 39.4. The normalized spacial score (nSPS) is 35.9. The molecular weight excluding hydrogens is 696 g/mol. The van der Waals surface area contributed by atoms with Crippen molar-refractivity contribution in [2.75, 3.05) is 0 Å². The van der Waals surface area contributed by atoms with Crippen LogP contribution in [-0.2, 0) is 27.8 Å². The van der Waals surface area contributed by atoms with Crippen molar-refractivity contribution in [2.24, 2.45) is 63.2 Å². The Hall–Kier alpha value is -2.80. The Bertz CT molecular complexity index is 1920. The molecule has 4 saturated carbocycles. The zero-order chi connectivity index (χ0) is 39.4. The first-order chi connectivity index (χ1) is 25.1. The third kappa shape index (κ3) is 5.82. The Morgan fingerprint density at radius 1 is 0.926 bits per heavy atom. The van der Waals surface area contributed by atoms with Crippen LogP contribution in [0.2, 0.25) is 5.02 Å². The van der Waals surface area contributed by atoms with Gasteiger partial charge in [0.1, 0.15) is 6.10 Å². The van der Waals surface area contributed by atoms with Crippen LogP contribution in [0.1, 0.15) is 139 Å². The van der Waals surface area contributed by atoms with E-state index in [1.165, 1.54) is 32.1 Å². The van der Waals surface area contributed by atoms with Gasteiger partial charge in [-0.25, -0.2) is 4.68 Å². The second-order valence-corrected chi connectivity index (χ2v) is 21.1. The summed E-state index contributed by atoms with van der Waals surface area (Å²) in [5.74, 6) is 0.677. The highest BCUT2D eigenvalue weighted by molar-refractivity contribution is 6.30. The van der Waals surface area contributed by atoms with Crippen LogP contribution in [0.25, 0.3) is 5.69 Å². The molecule has 5 aliphatic rings. The van der Waals surface area contributed by atoms with Crippen LogP contribution in [0.4, 0.5) is 0 Å². The molecule has 0 spiro atoms. The van der Waals surface area contributed by atoms with Gasteiger partial charge in [-0.15, -0.1) is 0 Å². The van der Waals surface area contributed by atoms with E-state index in [-0.39, 0.29) is 45.2 Å². The Kier molecular flexibility index (Phi) is 9.59. The smallest absolute Gasteiger partial charge is 0.309 e. The zero-order valence-electron chi connectivity index (χ0n) is 34.6. The van der Waals surface area contributed by atoms with Crippen LogP contribution in [-0.4, -0.2) is 32.5 Å². The second kappa shape index (κ2) is 13.1. The third-order valence-electron chi connectivity index (χ3n) is 17.0. The van der Waals surface area contributed by atoms with E-state index < -0.39 is 17.4 Å². The van der Waals surface area contributed by atoms with Gasteiger partial charge in [0, 0.05) is 29.2 Å². The number of aliphatic carboxylic acids is 1. The predicted molar refractivity (Wildman–Crippen MR) is 215 cm³/mol. The third-order valence-corrected chi connectivity index (χ3v) is 17.3. The Balaban J connectivity index is 1.18. The molecule has 7 nitrogen and oxygen atoms in total. The van der Waals surface area contributed by atoms with E-state index in [0.717, 1.165) is 49.9 Å². The van der Waals surface area contributed by atoms with Gasteiger partial charge < -0.3 is 9.84 Å². The number of rotatable bonds is 8. The SMILES string of the molecule is CC(C)C1=C2C3CC[C@H]4C(C)(CC[C@H]5C(C)(C)C(OC(=O)CC(C)(C)C(=O)O)CC[C@@]54C)[C@]3(C)CC[C@@]2(Cc2cc(=O)n(-c3ccc(Cl)cc3)n2C)CC1. The standard InChI is InChI=1S/C46H65ClN2O5/c1-28(2)32-17-22-46(26-31-25-37(50)49(48(31)10)30-13-11-29(47)12-14-30)24-23-44(8)33(39(32)46)15-16-35-43(7)20-19-36(54-38(51)27-41(3,4)40(52)53)42(5,6)34(43)18-21-45(35,44)9/h11-14,25,28,33-36H,15-24,26-27H2,1-10H3,(H,52,53)/t33?,34-,35+,36?,43-,44+,45?,46+/m0/s1. The number of ether oxygens (including phenoxy) is 1. The molecule has 1 heterocycles. The van der Waals surface area contributed by atoms with Gasteiger partial charge in [0.15, 0.2) is 0 Å². The fraction of sp³-hybridized carbons (Fsp3) is 0.717. The number of esters is 1. The quantitative estimate of drug-likeness (QED) is 0.214. The fourth-order valence-corrected chi connectivity index (χ4v) is 14.0. The molecule has 0 bridgehead atoms. The fourth-order valence-electron chi connectivity index (χ4n) is 13.9. The van der Waals surface area contributed by atoms with Crippen LogP contribution in [0.5, 0.6) is 0 Å². The molecule has 1 N–H and O–H groups in total. The lowest BCUT2D eigenvalue weighted by Gasteiger charge is -2.72. The number of aromatic nitrogens is 2. The minimum atomic E-state index is -1.15. The molecule has 5 aliphatic carbocycles. The number of carboxylic acids is 1. The van der Waals surface area contributed by atoms with Crippen molar-refractivity contribution < 1.29 is 19.4 Å². The lowest BCUT2D eigenvalue weighted by atomic mass is 9.33. The number of hydrogen-bond donors (Lipinski definition) is 1. The van der Waals surface area contributed by atoms with Crippen molar-refractivity contribution in [3.63, 3.8) is 0 Å². The van der Waals surface area contributed by atoms with E-state index >= 15 is 0 Å². The number of carbonyl (C=O) groups is 2. The number of allylic oxidation sites excluding steroid dienone is 2. The van der Waals surface area contributed by atoms with E-state index in [0.29, 0.717) is 28.7 Å². The summed E-state index contributed by atoms with van der Waals surface area (Å²) >= 11 is 6.20. The molecule has 2 aromatic rings. The summed E-state index contributed by atoms with van der Waals surface area (Å²) in [6.07, 6.45) is 11.8. The topological polar surface area (TPSA) is 90.5 Å². The maximum atomic E-state index is 13.5. The van der Waals surface area contributed by atoms with Gasteiger partial charge in [0.2, 0.25) is 0 Å². The van der Waals surface area contributed by atoms with Crippen molar-refractivity contribution in [1.29, 1.82) is 0 Å². The summed E-state index contributed by atoms with van der Waals surface area (Å²) < 4.78 is 10.1. The van der Waals surface area contributed by atoms with Gasteiger partial charge in [-0.3, -0.25) is 19.1 Å². The average molecular weight is 761 g/mol. The van der Waals surface area contributed by atoms with Crippen LogP contribution < -0.4 is 5.56 Å². The Morgan fingerprint density at radius 3 is 2.26 bits per heavy atom. The van der Waals surface area contributed by atoms with E-state index in [1.807, 2.05) is 37.4 Å². The number of hydrogen-bond acceptors (Lipinski definition) is 4. The van der Waals surface area contributed by atoms with E-state index in [9.17, 15) is 19.5 Å². The summed E-state index contributed by atoms with van der Waals surface area (Å²) in [6.45, 7) is 20.5.